The van der Waals surface area contributed by atoms with E-state index in [2.05, 4.69) is 44.3 Å². The molecule has 49 heavy (non-hydrogen) atoms. The number of nitrogens with zero attached hydrogens (tertiary/aromatic N) is 4. The van der Waals surface area contributed by atoms with Gasteiger partial charge in [-0.05, 0) is 71.9 Å². The first-order valence-electron chi connectivity index (χ1n) is 17.2. The van der Waals surface area contributed by atoms with Crippen molar-refractivity contribution in [3.05, 3.63) is 102 Å². The predicted molar refractivity (Wildman–Crippen MR) is 192 cm³/mol. The lowest BCUT2D eigenvalue weighted by Crippen LogP contribution is -2.46. The van der Waals surface area contributed by atoms with E-state index in [-0.39, 0.29) is 17.5 Å². The van der Waals surface area contributed by atoms with Gasteiger partial charge < -0.3 is 24.8 Å². The van der Waals surface area contributed by atoms with Crippen molar-refractivity contribution in [3.8, 4) is 23.0 Å². The Morgan fingerprint density at radius 3 is 2.29 bits per heavy atom. The molecule has 4 atom stereocenters. The summed E-state index contributed by atoms with van der Waals surface area (Å²) in [4.78, 5) is 18.7. The van der Waals surface area contributed by atoms with E-state index in [1.165, 1.54) is 0 Å². The summed E-state index contributed by atoms with van der Waals surface area (Å²) in [5.74, 6) is 1.71. The zero-order valence-electron chi connectivity index (χ0n) is 28.7. The van der Waals surface area contributed by atoms with Crippen molar-refractivity contribution in [2.45, 2.75) is 65.3 Å². The lowest BCUT2D eigenvalue weighted by Gasteiger charge is -2.40. The van der Waals surface area contributed by atoms with Crippen molar-refractivity contribution >= 4 is 22.7 Å². The number of carboxylic acid groups (broad SMARTS) is 1. The van der Waals surface area contributed by atoms with E-state index in [1.54, 1.807) is 4.90 Å². The van der Waals surface area contributed by atoms with Crippen LogP contribution in [-0.2, 0) is 20.3 Å². The molecule has 1 saturated heterocycles. The number of anilines is 1. The van der Waals surface area contributed by atoms with Gasteiger partial charge in [-0.1, -0.05) is 81.4 Å². The van der Waals surface area contributed by atoms with E-state index < -0.39 is 6.09 Å². The van der Waals surface area contributed by atoms with Crippen LogP contribution in [0.3, 0.4) is 0 Å². The average molecular weight is 660 g/mol. The molecule has 2 N–H and O–H groups in total. The molecular formula is C40H45N5O4. The Bertz CT molecular complexity index is 1920. The molecule has 1 amide bonds. The highest BCUT2D eigenvalue weighted by Crippen LogP contribution is 2.47. The van der Waals surface area contributed by atoms with Gasteiger partial charge in [-0.15, -0.1) is 0 Å². The van der Waals surface area contributed by atoms with E-state index in [4.69, 9.17) is 19.6 Å². The summed E-state index contributed by atoms with van der Waals surface area (Å²) in [5, 5.41) is 19.7. The van der Waals surface area contributed by atoms with Gasteiger partial charge in [0.1, 0.15) is 18.9 Å². The first-order valence-corrected chi connectivity index (χ1v) is 17.2. The highest BCUT2D eigenvalue weighted by atomic mass is 16.5. The van der Waals surface area contributed by atoms with Crippen LogP contribution >= 0.6 is 0 Å². The molecule has 254 valence electrons. The second-order valence-corrected chi connectivity index (χ2v) is 14.6. The fourth-order valence-corrected chi connectivity index (χ4v) is 7.98. The molecule has 0 bridgehead atoms. The van der Waals surface area contributed by atoms with E-state index in [1.807, 2.05) is 84.5 Å². The minimum atomic E-state index is -0.797. The van der Waals surface area contributed by atoms with Gasteiger partial charge in [0.15, 0.2) is 0 Å². The largest absolute Gasteiger partial charge is 0.473 e. The van der Waals surface area contributed by atoms with Crippen LogP contribution in [0.2, 0.25) is 0 Å². The van der Waals surface area contributed by atoms with Crippen molar-refractivity contribution in [1.82, 2.24) is 19.7 Å². The highest BCUT2D eigenvalue weighted by molar-refractivity contribution is 5.96. The van der Waals surface area contributed by atoms with Crippen LogP contribution in [0.1, 0.15) is 51.2 Å². The number of carbonyl (C=O) groups is 1. The van der Waals surface area contributed by atoms with Crippen LogP contribution in [0.25, 0.3) is 22.2 Å². The van der Waals surface area contributed by atoms with Gasteiger partial charge in [-0.25, -0.2) is 4.79 Å². The summed E-state index contributed by atoms with van der Waals surface area (Å²) in [7, 11) is 1.96. The smallest absolute Gasteiger partial charge is 0.407 e. The first kappa shape index (κ1) is 32.5. The number of ether oxygens (including phenoxy) is 2. The first-order chi connectivity index (χ1) is 23.6. The van der Waals surface area contributed by atoms with Crippen LogP contribution in [0, 0.1) is 17.3 Å². The van der Waals surface area contributed by atoms with Crippen LogP contribution in [0.15, 0.2) is 91.0 Å². The molecule has 2 fully saturated rings. The van der Waals surface area contributed by atoms with Gasteiger partial charge in [-0.3, -0.25) is 4.68 Å². The van der Waals surface area contributed by atoms with Crippen molar-refractivity contribution < 1.29 is 19.4 Å². The summed E-state index contributed by atoms with van der Waals surface area (Å²) < 4.78 is 14.3. The number of amides is 1. The van der Waals surface area contributed by atoms with Crippen LogP contribution < -0.4 is 14.8 Å². The van der Waals surface area contributed by atoms with Gasteiger partial charge in [-0.2, -0.15) is 10.1 Å². The molecule has 4 unspecified atom stereocenters. The maximum atomic E-state index is 12.1. The molecule has 2 aromatic heterocycles. The van der Waals surface area contributed by atoms with E-state index in [9.17, 15) is 9.90 Å². The molecule has 5 aromatic rings. The summed E-state index contributed by atoms with van der Waals surface area (Å²) >= 11 is 0. The number of rotatable bonds is 9. The third-order valence-corrected chi connectivity index (χ3v) is 10.1. The van der Waals surface area contributed by atoms with Crippen LogP contribution in [0.5, 0.6) is 11.8 Å². The second kappa shape index (κ2) is 13.5. The minimum Gasteiger partial charge on any atom is -0.473 e. The maximum Gasteiger partial charge on any atom is 0.407 e. The zero-order valence-corrected chi connectivity index (χ0v) is 28.7. The van der Waals surface area contributed by atoms with E-state index >= 15 is 0 Å². The molecule has 3 aromatic carbocycles. The lowest BCUT2D eigenvalue weighted by molar-refractivity contribution is 0.0854. The molecule has 0 spiro atoms. The Hall–Kier alpha value is -5.05. The number of benzene rings is 3. The van der Waals surface area contributed by atoms with Crippen LogP contribution in [-0.4, -0.2) is 49.5 Å². The van der Waals surface area contributed by atoms with Gasteiger partial charge >= 0.3 is 6.09 Å². The molecule has 0 radical (unpaired) electrons. The number of hydrogen-bond acceptors (Lipinski definition) is 6. The average Bonchev–Trinajstić information content (AvgIpc) is 3.65. The van der Waals surface area contributed by atoms with Crippen LogP contribution in [0.4, 0.5) is 10.5 Å². The molecule has 1 saturated carbocycles. The molecule has 3 heterocycles. The Kier molecular flexibility index (Phi) is 8.92. The number of likely N-dealkylation sites (tertiary alicyclic amines) is 1. The normalized spacial score (nSPS) is 20.6. The number of aryl methyl sites for hydroxylation is 1. The van der Waals surface area contributed by atoms with E-state index in [0.717, 1.165) is 58.2 Å². The fourth-order valence-electron chi connectivity index (χ4n) is 7.98. The summed E-state index contributed by atoms with van der Waals surface area (Å²) in [6.45, 7) is 7.89. The zero-order chi connectivity index (χ0) is 34.1. The number of nitrogens with one attached hydrogen (secondary N) is 1. The second-order valence-electron chi connectivity index (χ2n) is 14.6. The fraction of sp³-hybridized carbons (Fsp3) is 0.375. The Morgan fingerprint density at radius 2 is 1.61 bits per heavy atom. The monoisotopic (exact) mass is 659 g/mol. The Balaban J connectivity index is 1.12. The van der Waals surface area contributed by atoms with Crippen molar-refractivity contribution in [1.29, 1.82) is 0 Å². The minimum absolute atomic E-state index is 0.0562. The standard InChI is InChI=1S/C40H45N5O4/c1-40(2,3)37-31-17-15-29(21-28(31)23-45(37)39(46)47)41-30-16-18-32-34(22-30)44(4)43-36(32)33-19-20-35(48-24-26-11-7-5-8-12-26)42-38(33)49-25-27-13-9-6-10-14-27/h5-14,16,18-20,22,28-29,31,37,41H,15,17,21,23-25H2,1-4H3,(H,46,47). The molecule has 7 rings (SSSR count). The number of fused-ring (bicyclic) bond motifs is 2. The quantitative estimate of drug-likeness (QED) is 0.164. The third kappa shape index (κ3) is 6.93. The Labute approximate surface area is 287 Å². The van der Waals surface area contributed by atoms with Crippen molar-refractivity contribution in [2.75, 3.05) is 11.9 Å². The molecule has 9 nitrogen and oxygen atoms in total. The van der Waals surface area contributed by atoms with E-state index in [0.29, 0.717) is 43.4 Å². The molecular weight excluding hydrogens is 614 g/mol. The lowest BCUT2D eigenvalue weighted by atomic mass is 9.70. The molecule has 9 heteroatoms. The number of aromatic nitrogens is 3. The number of hydrogen-bond donors (Lipinski definition) is 2. The topological polar surface area (TPSA) is 102 Å². The Morgan fingerprint density at radius 1 is 0.918 bits per heavy atom. The highest BCUT2D eigenvalue weighted by Gasteiger charge is 2.50. The maximum absolute atomic E-state index is 12.1. The third-order valence-electron chi connectivity index (χ3n) is 10.1. The summed E-state index contributed by atoms with van der Waals surface area (Å²) in [6, 6.07) is 30.7. The predicted octanol–water partition coefficient (Wildman–Crippen LogP) is 8.40. The number of pyridine rings is 1. The molecule has 1 aliphatic carbocycles. The van der Waals surface area contributed by atoms with Crippen molar-refractivity contribution in [3.63, 3.8) is 0 Å². The van der Waals surface area contributed by atoms with Crippen molar-refractivity contribution in [2.24, 2.45) is 24.3 Å². The molecule has 2 aliphatic rings. The summed E-state index contributed by atoms with van der Waals surface area (Å²) in [5.41, 5.74) is 5.65. The SMILES string of the molecule is Cn1nc(-c2ccc(OCc3ccccc3)nc2OCc2ccccc2)c2ccc(NC3CCC4C(C3)CN(C(=O)O)C4C(C)(C)C)cc21. The molecule has 1 aliphatic heterocycles. The van der Waals surface area contributed by atoms with Gasteiger partial charge in [0.25, 0.3) is 0 Å². The van der Waals surface area contributed by atoms with Gasteiger partial charge in [0, 0.05) is 42.8 Å². The van der Waals surface area contributed by atoms with Gasteiger partial charge in [0.2, 0.25) is 11.8 Å². The van der Waals surface area contributed by atoms with Gasteiger partial charge in [0.05, 0.1) is 11.1 Å². The summed E-state index contributed by atoms with van der Waals surface area (Å²) in [6.07, 6.45) is 2.20.